The summed E-state index contributed by atoms with van der Waals surface area (Å²) in [5, 5.41) is 3.56. The summed E-state index contributed by atoms with van der Waals surface area (Å²) in [7, 11) is -2.94. The Morgan fingerprint density at radius 1 is 1.40 bits per heavy atom. The molecule has 1 fully saturated rings. The highest BCUT2D eigenvalue weighted by molar-refractivity contribution is 7.91. The normalized spacial score (nSPS) is 18.6. The van der Waals surface area contributed by atoms with E-state index in [4.69, 9.17) is 11.6 Å². The summed E-state index contributed by atoms with van der Waals surface area (Å²) in [6, 6.07) is 0. The number of nitrogens with one attached hydrogen (secondary N) is 1. The molecule has 0 unspecified atom stereocenters. The summed E-state index contributed by atoms with van der Waals surface area (Å²) >= 11 is 6.14. The van der Waals surface area contributed by atoms with Crippen molar-refractivity contribution in [1.82, 2.24) is 9.97 Å². The molecule has 20 heavy (non-hydrogen) atoms. The molecule has 8 heteroatoms. The van der Waals surface area contributed by atoms with Gasteiger partial charge in [-0.15, -0.1) is 0 Å². The van der Waals surface area contributed by atoms with Crippen LogP contribution in [0.25, 0.3) is 0 Å². The summed E-state index contributed by atoms with van der Waals surface area (Å²) in [5.74, 6) is 1.51. The molecule has 0 amide bonds. The van der Waals surface area contributed by atoms with E-state index in [2.05, 4.69) is 22.2 Å². The Labute approximate surface area is 124 Å². The van der Waals surface area contributed by atoms with Gasteiger partial charge in [0.2, 0.25) is 5.95 Å². The Bertz CT molecular complexity index is 565. The molecule has 6 nitrogen and oxygen atoms in total. The molecule has 1 aliphatic heterocycles. The van der Waals surface area contributed by atoms with Crippen molar-refractivity contribution >= 4 is 33.2 Å². The third-order valence-corrected chi connectivity index (χ3v) is 5.10. The van der Waals surface area contributed by atoms with E-state index in [9.17, 15) is 8.42 Å². The minimum Gasteiger partial charge on any atom is -0.354 e. The first-order valence-electron chi connectivity index (χ1n) is 6.73. The average Bonchev–Trinajstić information content (AvgIpc) is 2.59. The number of hydrogen-bond donors (Lipinski definition) is 1. The molecular formula is C12H19ClN4O2S. The molecule has 1 aliphatic rings. The molecule has 0 radical (unpaired) electrons. The van der Waals surface area contributed by atoms with Gasteiger partial charge < -0.3 is 10.2 Å². The van der Waals surface area contributed by atoms with E-state index in [1.807, 2.05) is 4.90 Å². The molecule has 0 aliphatic carbocycles. The fourth-order valence-corrected chi connectivity index (χ4v) is 3.53. The highest BCUT2D eigenvalue weighted by Gasteiger charge is 2.22. The molecule has 0 bridgehead atoms. The zero-order valence-corrected chi connectivity index (χ0v) is 13.0. The Kier molecular flexibility index (Phi) is 5.04. The van der Waals surface area contributed by atoms with Gasteiger partial charge in [-0.05, 0) is 12.8 Å². The topological polar surface area (TPSA) is 75.2 Å². The van der Waals surface area contributed by atoms with Crippen molar-refractivity contribution in [3.8, 4) is 0 Å². The van der Waals surface area contributed by atoms with Crippen LogP contribution in [0, 0.1) is 0 Å². The van der Waals surface area contributed by atoms with Gasteiger partial charge >= 0.3 is 0 Å². The lowest BCUT2D eigenvalue weighted by atomic mass is 10.4. The zero-order valence-electron chi connectivity index (χ0n) is 11.5. The molecule has 1 N–H and O–H groups in total. The van der Waals surface area contributed by atoms with Gasteiger partial charge in [0.1, 0.15) is 5.02 Å². The van der Waals surface area contributed by atoms with Crippen molar-refractivity contribution < 1.29 is 8.42 Å². The van der Waals surface area contributed by atoms with Crippen LogP contribution in [-0.2, 0) is 9.84 Å². The second-order valence-corrected chi connectivity index (χ2v) is 7.50. The third kappa shape index (κ3) is 3.96. The minimum absolute atomic E-state index is 0.144. The van der Waals surface area contributed by atoms with E-state index < -0.39 is 9.84 Å². The summed E-state index contributed by atoms with van der Waals surface area (Å²) in [6.07, 6.45) is 3.13. The Hall–Kier alpha value is -1.08. The molecule has 112 valence electrons. The van der Waals surface area contributed by atoms with Gasteiger partial charge in [-0.3, -0.25) is 0 Å². The molecule has 1 saturated heterocycles. The summed E-state index contributed by atoms with van der Waals surface area (Å²) in [4.78, 5) is 10.4. The lowest BCUT2D eigenvalue weighted by Gasteiger charge is -2.22. The summed E-state index contributed by atoms with van der Waals surface area (Å²) in [5.41, 5.74) is 0. The van der Waals surface area contributed by atoms with Gasteiger partial charge in [0.25, 0.3) is 0 Å². The molecule has 0 aromatic carbocycles. The van der Waals surface area contributed by atoms with E-state index in [1.54, 1.807) is 6.20 Å². The van der Waals surface area contributed by atoms with Gasteiger partial charge in [-0.25, -0.2) is 13.4 Å². The van der Waals surface area contributed by atoms with E-state index in [0.29, 0.717) is 36.3 Å². The molecule has 0 saturated carbocycles. The van der Waals surface area contributed by atoms with Crippen molar-refractivity contribution in [2.45, 2.75) is 19.8 Å². The van der Waals surface area contributed by atoms with Gasteiger partial charge in [0.05, 0.1) is 17.7 Å². The Morgan fingerprint density at radius 3 is 2.95 bits per heavy atom. The minimum atomic E-state index is -2.94. The van der Waals surface area contributed by atoms with E-state index in [0.717, 1.165) is 13.0 Å². The van der Waals surface area contributed by atoms with Crippen LogP contribution >= 0.6 is 11.6 Å². The van der Waals surface area contributed by atoms with Crippen LogP contribution in [0.4, 0.5) is 11.8 Å². The second kappa shape index (κ2) is 6.58. The van der Waals surface area contributed by atoms with E-state index in [1.165, 1.54) is 0 Å². The molecule has 1 aromatic rings. The number of aromatic nitrogens is 2. The molecular weight excluding hydrogens is 300 g/mol. The first-order chi connectivity index (χ1) is 9.52. The molecule has 1 aromatic heterocycles. The number of hydrogen-bond acceptors (Lipinski definition) is 6. The van der Waals surface area contributed by atoms with E-state index >= 15 is 0 Å². The first-order valence-corrected chi connectivity index (χ1v) is 8.93. The van der Waals surface area contributed by atoms with Crippen LogP contribution in [-0.4, -0.2) is 49.5 Å². The maximum atomic E-state index is 11.6. The van der Waals surface area contributed by atoms with Crippen molar-refractivity contribution in [2.24, 2.45) is 0 Å². The lowest BCUT2D eigenvalue weighted by molar-refractivity contribution is 0.597. The van der Waals surface area contributed by atoms with Crippen LogP contribution in [0.2, 0.25) is 5.02 Å². The molecule has 2 heterocycles. The van der Waals surface area contributed by atoms with E-state index in [-0.39, 0.29) is 11.5 Å². The van der Waals surface area contributed by atoms with Gasteiger partial charge in [-0.2, -0.15) is 4.98 Å². The van der Waals surface area contributed by atoms with Crippen LogP contribution < -0.4 is 10.2 Å². The molecule has 0 spiro atoms. The fraction of sp³-hybridized carbons (Fsp3) is 0.667. The Balaban J connectivity index is 2.18. The monoisotopic (exact) mass is 318 g/mol. The Morgan fingerprint density at radius 2 is 2.20 bits per heavy atom. The third-order valence-electron chi connectivity index (χ3n) is 3.11. The first kappa shape index (κ1) is 15.3. The number of halogens is 1. The van der Waals surface area contributed by atoms with Gasteiger partial charge in [-0.1, -0.05) is 18.5 Å². The molecule has 2 rings (SSSR count). The predicted octanol–water partition coefficient (Wildman–Crippen LogP) is 1.58. The SMILES string of the molecule is CCCNc1ncc(Cl)c(N2CCCS(=O)(=O)CC2)n1. The van der Waals surface area contributed by atoms with Crippen molar-refractivity contribution in [1.29, 1.82) is 0 Å². The maximum absolute atomic E-state index is 11.6. The highest BCUT2D eigenvalue weighted by atomic mass is 35.5. The number of anilines is 2. The van der Waals surface area contributed by atoms with Crippen molar-refractivity contribution in [2.75, 3.05) is 41.4 Å². The lowest BCUT2D eigenvalue weighted by Crippen LogP contribution is -2.28. The van der Waals surface area contributed by atoms with Crippen LogP contribution in [0.3, 0.4) is 0 Å². The predicted molar refractivity (Wildman–Crippen MR) is 81.3 cm³/mol. The number of nitrogens with zero attached hydrogens (tertiary/aromatic N) is 3. The smallest absolute Gasteiger partial charge is 0.224 e. The van der Waals surface area contributed by atoms with Crippen LogP contribution in [0.15, 0.2) is 6.20 Å². The quantitative estimate of drug-likeness (QED) is 0.908. The number of rotatable bonds is 4. The largest absolute Gasteiger partial charge is 0.354 e. The average molecular weight is 319 g/mol. The maximum Gasteiger partial charge on any atom is 0.224 e. The van der Waals surface area contributed by atoms with Crippen LogP contribution in [0.1, 0.15) is 19.8 Å². The number of sulfone groups is 1. The standard InChI is InChI=1S/C12H19ClN4O2S/c1-2-4-14-12-15-9-10(13)11(16-12)17-5-3-7-20(18,19)8-6-17/h9H,2-8H2,1H3,(H,14,15,16). The van der Waals surface area contributed by atoms with Crippen LogP contribution in [0.5, 0.6) is 0 Å². The molecule has 0 atom stereocenters. The van der Waals surface area contributed by atoms with Gasteiger partial charge in [0.15, 0.2) is 15.7 Å². The highest BCUT2D eigenvalue weighted by Crippen LogP contribution is 2.25. The fourth-order valence-electron chi connectivity index (χ4n) is 2.05. The second-order valence-electron chi connectivity index (χ2n) is 4.78. The summed E-state index contributed by atoms with van der Waals surface area (Å²) < 4.78 is 23.3. The zero-order chi connectivity index (χ0) is 14.6. The van der Waals surface area contributed by atoms with Crippen molar-refractivity contribution in [3.05, 3.63) is 11.2 Å². The summed E-state index contributed by atoms with van der Waals surface area (Å²) in [6.45, 7) is 3.91. The van der Waals surface area contributed by atoms with Gasteiger partial charge in [0, 0.05) is 19.6 Å². The van der Waals surface area contributed by atoms with Crippen molar-refractivity contribution in [3.63, 3.8) is 0 Å².